The number of carbonyl (C=O) groups excluding carboxylic acids is 2. The average Bonchev–Trinajstić information content (AvgIpc) is 3.57. The molecule has 3 aromatic rings. The molecule has 2 aliphatic heterocycles. The second-order valence-corrected chi connectivity index (χ2v) is 10.3. The van der Waals surface area contributed by atoms with Gasteiger partial charge in [0.25, 0.3) is 0 Å². The number of fused-ring (bicyclic) bond motifs is 2. The largest absolute Gasteiger partial charge is 0.478 e. The monoisotopic (exact) mass is 527 g/mol. The molecule has 0 bridgehead atoms. The van der Waals surface area contributed by atoms with Gasteiger partial charge in [0, 0.05) is 35.8 Å². The third-order valence-corrected chi connectivity index (χ3v) is 7.61. The number of carboxylic acid groups (broad SMARTS) is 1. The van der Waals surface area contributed by atoms with Crippen molar-refractivity contribution in [3.63, 3.8) is 0 Å². The van der Waals surface area contributed by atoms with E-state index in [4.69, 9.17) is 26.2 Å². The van der Waals surface area contributed by atoms with Crippen LogP contribution in [0, 0.1) is 0 Å². The molecule has 2 aliphatic rings. The van der Waals surface area contributed by atoms with Crippen LogP contribution in [0.15, 0.2) is 48.7 Å². The number of likely N-dealkylation sites (tertiary alicyclic amines) is 1. The Bertz CT molecular complexity index is 1360. The van der Waals surface area contributed by atoms with E-state index < -0.39 is 11.4 Å². The number of nitrogens with zero attached hydrogens (tertiary/aromatic N) is 3. The van der Waals surface area contributed by atoms with E-state index in [0.717, 1.165) is 11.3 Å². The first-order valence-corrected chi connectivity index (χ1v) is 12.4. The molecule has 1 spiro atoms. The van der Waals surface area contributed by atoms with Crippen LogP contribution in [0.25, 0.3) is 0 Å². The zero-order chi connectivity index (χ0) is 25.4. The number of ether oxygens (including phenoxy) is 2. The summed E-state index contributed by atoms with van der Waals surface area (Å²) in [6.45, 7) is 1.42. The highest BCUT2D eigenvalue weighted by Gasteiger charge is 2.50. The summed E-state index contributed by atoms with van der Waals surface area (Å²) in [5, 5.41) is 10.8. The summed E-state index contributed by atoms with van der Waals surface area (Å²) in [6.07, 6.45) is 1.90. The highest BCUT2D eigenvalue weighted by molar-refractivity contribution is 7.13. The van der Waals surface area contributed by atoms with Gasteiger partial charge in [0.05, 0.1) is 25.3 Å². The Morgan fingerprint density at radius 1 is 1.19 bits per heavy atom. The van der Waals surface area contributed by atoms with Crippen LogP contribution in [0.5, 0.6) is 10.8 Å². The summed E-state index contributed by atoms with van der Waals surface area (Å²) >= 11 is 7.53. The fourth-order valence-corrected chi connectivity index (χ4v) is 5.77. The second-order valence-electron chi connectivity index (χ2n) is 8.75. The average molecular weight is 528 g/mol. The summed E-state index contributed by atoms with van der Waals surface area (Å²) in [7, 11) is 1.36. The predicted octanol–water partition coefficient (Wildman–Crippen LogP) is 4.59. The first kappa shape index (κ1) is 24.1. The number of carbonyl (C=O) groups is 3. The second kappa shape index (κ2) is 9.44. The SMILES string of the molecule is COC(=O)N1CCC2(C1)CN(C(=O)Cc1ncc(Oc3cccc(C(=O)O)c3)s1)c1ccc(Cl)cc12. The molecule has 11 heteroatoms. The number of halogens is 1. The Kier molecular flexibility index (Phi) is 6.31. The molecule has 1 aromatic heterocycles. The Hall–Kier alpha value is -3.63. The van der Waals surface area contributed by atoms with Crippen molar-refractivity contribution in [1.82, 2.24) is 9.88 Å². The van der Waals surface area contributed by atoms with Gasteiger partial charge in [-0.3, -0.25) is 4.79 Å². The number of benzene rings is 2. The van der Waals surface area contributed by atoms with Gasteiger partial charge in [-0.25, -0.2) is 14.6 Å². The van der Waals surface area contributed by atoms with E-state index in [1.54, 1.807) is 28.0 Å². The number of carboxylic acids is 1. The quantitative estimate of drug-likeness (QED) is 0.517. The number of anilines is 1. The van der Waals surface area contributed by atoms with Gasteiger partial charge in [0.2, 0.25) is 11.0 Å². The van der Waals surface area contributed by atoms with E-state index in [9.17, 15) is 14.4 Å². The lowest BCUT2D eigenvalue weighted by Gasteiger charge is -2.25. The van der Waals surface area contributed by atoms with Gasteiger partial charge in [0.15, 0.2) is 0 Å². The molecule has 2 aromatic carbocycles. The Morgan fingerprint density at radius 3 is 2.81 bits per heavy atom. The summed E-state index contributed by atoms with van der Waals surface area (Å²) in [5.41, 5.74) is 1.45. The molecule has 5 rings (SSSR count). The predicted molar refractivity (Wildman–Crippen MR) is 133 cm³/mol. The Balaban J connectivity index is 1.32. The number of rotatable bonds is 5. The minimum atomic E-state index is -1.04. The van der Waals surface area contributed by atoms with Crippen molar-refractivity contribution in [2.75, 3.05) is 31.6 Å². The fraction of sp³-hybridized carbons (Fsp3) is 0.280. The molecule has 2 amide bonds. The number of amides is 2. The molecule has 0 aliphatic carbocycles. The van der Waals surface area contributed by atoms with Crippen LogP contribution >= 0.6 is 22.9 Å². The molecule has 0 saturated carbocycles. The van der Waals surface area contributed by atoms with E-state index in [-0.39, 0.29) is 24.0 Å². The van der Waals surface area contributed by atoms with Crippen molar-refractivity contribution in [3.8, 4) is 10.8 Å². The summed E-state index contributed by atoms with van der Waals surface area (Å²) in [5.74, 6) is -0.793. The zero-order valence-corrected chi connectivity index (χ0v) is 20.8. The Morgan fingerprint density at radius 2 is 2.03 bits per heavy atom. The van der Waals surface area contributed by atoms with Gasteiger partial charge in [-0.15, -0.1) is 0 Å². The highest BCUT2D eigenvalue weighted by Crippen LogP contribution is 2.47. The van der Waals surface area contributed by atoms with Gasteiger partial charge < -0.3 is 24.4 Å². The maximum atomic E-state index is 13.4. The van der Waals surface area contributed by atoms with Crippen LogP contribution in [-0.4, -0.2) is 59.7 Å². The van der Waals surface area contributed by atoms with Gasteiger partial charge in [-0.2, -0.15) is 0 Å². The van der Waals surface area contributed by atoms with Crippen LogP contribution < -0.4 is 9.64 Å². The van der Waals surface area contributed by atoms with E-state index in [2.05, 4.69) is 4.98 Å². The number of aromatic nitrogens is 1. The number of hydrogen-bond donors (Lipinski definition) is 1. The molecule has 9 nitrogen and oxygen atoms in total. The molecule has 3 heterocycles. The van der Waals surface area contributed by atoms with Gasteiger partial charge in [-0.05, 0) is 48.4 Å². The fourth-order valence-electron chi connectivity index (χ4n) is 4.83. The summed E-state index contributed by atoms with van der Waals surface area (Å²) in [4.78, 5) is 44.4. The lowest BCUT2D eigenvalue weighted by molar-refractivity contribution is -0.118. The molecular formula is C25H22ClN3O6S. The lowest BCUT2D eigenvalue weighted by atomic mass is 9.81. The summed E-state index contributed by atoms with van der Waals surface area (Å²) < 4.78 is 10.6. The summed E-state index contributed by atoms with van der Waals surface area (Å²) in [6, 6.07) is 11.6. The molecule has 36 heavy (non-hydrogen) atoms. The number of aromatic carboxylic acids is 1. The van der Waals surface area contributed by atoms with Gasteiger partial charge in [-0.1, -0.05) is 29.0 Å². The van der Waals surface area contributed by atoms with Crippen molar-refractivity contribution in [1.29, 1.82) is 0 Å². The van der Waals surface area contributed by atoms with Crippen LogP contribution in [0.3, 0.4) is 0 Å². The maximum Gasteiger partial charge on any atom is 0.409 e. The smallest absolute Gasteiger partial charge is 0.409 e. The van der Waals surface area contributed by atoms with Gasteiger partial charge >= 0.3 is 12.1 Å². The third kappa shape index (κ3) is 4.49. The molecule has 1 saturated heterocycles. The highest BCUT2D eigenvalue weighted by atomic mass is 35.5. The van der Waals surface area contributed by atoms with Crippen LogP contribution in [0.1, 0.15) is 27.3 Å². The zero-order valence-electron chi connectivity index (χ0n) is 19.3. The molecule has 1 N–H and O–H groups in total. The minimum Gasteiger partial charge on any atom is -0.478 e. The van der Waals surface area contributed by atoms with E-state index in [1.807, 2.05) is 12.1 Å². The minimum absolute atomic E-state index is 0.0715. The van der Waals surface area contributed by atoms with Crippen molar-refractivity contribution in [2.45, 2.75) is 18.3 Å². The first-order chi connectivity index (χ1) is 17.3. The normalized spacial score (nSPS) is 18.4. The number of methoxy groups -OCH3 is 1. The molecule has 1 fully saturated rings. The van der Waals surface area contributed by atoms with Crippen molar-refractivity contribution < 1.29 is 29.0 Å². The van der Waals surface area contributed by atoms with Gasteiger partial charge in [0.1, 0.15) is 10.8 Å². The van der Waals surface area contributed by atoms with Crippen molar-refractivity contribution >= 4 is 46.6 Å². The number of hydrogen-bond acceptors (Lipinski definition) is 7. The molecular weight excluding hydrogens is 506 g/mol. The van der Waals surface area contributed by atoms with Crippen molar-refractivity contribution in [2.24, 2.45) is 0 Å². The molecule has 0 radical (unpaired) electrons. The standard InChI is InChI=1S/C25H22ClN3O6S/c1-34-24(33)28-8-7-25(13-28)14-29(19-6-5-16(26)10-18(19)25)21(30)11-20-27-12-22(36-20)35-17-4-2-3-15(9-17)23(31)32/h2-6,9-10,12H,7-8,11,13-14H2,1H3,(H,31,32). The maximum absolute atomic E-state index is 13.4. The van der Waals surface area contributed by atoms with Crippen LogP contribution in [0.2, 0.25) is 5.02 Å². The van der Waals surface area contributed by atoms with Crippen LogP contribution in [0.4, 0.5) is 10.5 Å². The molecule has 186 valence electrons. The Labute approximate surface area is 215 Å². The lowest BCUT2D eigenvalue weighted by Crippen LogP contribution is -2.40. The topological polar surface area (TPSA) is 109 Å². The van der Waals surface area contributed by atoms with E-state index >= 15 is 0 Å². The van der Waals surface area contributed by atoms with E-state index in [1.165, 1.54) is 36.8 Å². The van der Waals surface area contributed by atoms with Crippen LogP contribution in [-0.2, 0) is 21.4 Å². The third-order valence-electron chi connectivity index (χ3n) is 6.50. The van der Waals surface area contributed by atoms with Crippen molar-refractivity contribution in [3.05, 3.63) is 69.8 Å². The molecule has 1 unspecified atom stereocenters. The first-order valence-electron chi connectivity index (χ1n) is 11.2. The van der Waals surface area contributed by atoms with E-state index in [0.29, 0.717) is 46.9 Å². The molecule has 1 atom stereocenters. The number of thiazole rings is 1.